The van der Waals surface area contributed by atoms with Gasteiger partial charge in [0.2, 0.25) is 0 Å². The first-order valence-electron chi connectivity index (χ1n) is 6.44. The lowest BCUT2D eigenvalue weighted by atomic mass is 9.96. The number of aliphatic hydroxyl groups is 3. The highest BCUT2D eigenvalue weighted by molar-refractivity contribution is 5.25. The van der Waals surface area contributed by atoms with Crippen LogP contribution in [0.5, 0.6) is 0 Å². The summed E-state index contributed by atoms with van der Waals surface area (Å²) >= 11 is 0. The Hall–Kier alpha value is -1.92. The minimum Gasteiger partial charge on any atom is -0.392 e. The summed E-state index contributed by atoms with van der Waals surface area (Å²) < 4.78 is 6.49. The Bertz CT molecular complexity index is 635. The van der Waals surface area contributed by atoms with Gasteiger partial charge in [0.1, 0.15) is 18.0 Å². The monoisotopic (exact) mass is 295 g/mol. The minimum absolute atomic E-state index is 0.0310. The van der Waals surface area contributed by atoms with Crippen LogP contribution in [0.15, 0.2) is 17.1 Å². The Morgan fingerprint density at radius 1 is 1.57 bits per heavy atom. The second-order valence-electron chi connectivity index (χ2n) is 4.69. The van der Waals surface area contributed by atoms with E-state index in [4.69, 9.17) is 10.5 Å². The standard InChI is InChI=1S/C13H17N3O5/c1-2-3-5-13(7-17)10(19)9(18)11(21-13)16-6-4-8(14)15-12(16)20/h4,6,9-11,17-19H,2,7H2,1H3,(H2,14,15,20)/t9-,10+,11-,13-/m1/s1. The maximum atomic E-state index is 11.8. The third-order valence-corrected chi connectivity index (χ3v) is 3.26. The molecule has 2 heterocycles. The Balaban J connectivity index is 2.42. The van der Waals surface area contributed by atoms with E-state index in [0.717, 1.165) is 4.57 Å². The first kappa shape index (κ1) is 15.5. The molecule has 2 rings (SSSR count). The quantitative estimate of drug-likeness (QED) is 0.474. The predicted molar refractivity (Wildman–Crippen MR) is 72.9 cm³/mol. The van der Waals surface area contributed by atoms with Crippen LogP contribution in [0.4, 0.5) is 5.82 Å². The number of hydrogen-bond donors (Lipinski definition) is 4. The van der Waals surface area contributed by atoms with Gasteiger partial charge in [0.15, 0.2) is 11.8 Å². The average Bonchev–Trinajstić information content (AvgIpc) is 2.71. The molecule has 114 valence electrons. The minimum atomic E-state index is -1.64. The fourth-order valence-corrected chi connectivity index (χ4v) is 2.14. The molecule has 0 unspecified atom stereocenters. The summed E-state index contributed by atoms with van der Waals surface area (Å²) in [6.45, 7) is 1.17. The molecule has 0 aliphatic carbocycles. The third-order valence-electron chi connectivity index (χ3n) is 3.26. The molecular formula is C13H17N3O5. The van der Waals surface area contributed by atoms with Gasteiger partial charge in [0.05, 0.1) is 6.61 Å². The van der Waals surface area contributed by atoms with Crippen molar-refractivity contribution in [3.05, 3.63) is 22.7 Å². The number of nitrogen functional groups attached to an aromatic ring is 1. The van der Waals surface area contributed by atoms with Crippen molar-refractivity contribution in [1.29, 1.82) is 0 Å². The predicted octanol–water partition coefficient (Wildman–Crippen LogP) is -1.78. The van der Waals surface area contributed by atoms with Crippen LogP contribution in [-0.4, -0.2) is 49.3 Å². The van der Waals surface area contributed by atoms with Gasteiger partial charge >= 0.3 is 5.69 Å². The van der Waals surface area contributed by atoms with Crippen LogP contribution < -0.4 is 11.4 Å². The number of nitrogens with two attached hydrogens (primary N) is 1. The van der Waals surface area contributed by atoms with Crippen LogP contribution in [-0.2, 0) is 4.74 Å². The number of nitrogens with zero attached hydrogens (tertiary/aromatic N) is 2. The topological polar surface area (TPSA) is 131 Å². The van der Waals surface area contributed by atoms with Gasteiger partial charge in [-0.2, -0.15) is 4.98 Å². The normalized spacial score (nSPS) is 31.7. The molecule has 8 heteroatoms. The molecule has 1 aromatic heterocycles. The molecule has 1 aliphatic rings. The van der Waals surface area contributed by atoms with E-state index in [1.165, 1.54) is 12.3 Å². The van der Waals surface area contributed by atoms with Crippen molar-refractivity contribution in [1.82, 2.24) is 9.55 Å². The molecule has 0 amide bonds. The summed E-state index contributed by atoms with van der Waals surface area (Å²) in [7, 11) is 0. The summed E-state index contributed by atoms with van der Waals surface area (Å²) in [5.74, 6) is 5.34. The molecule has 1 aromatic rings. The lowest BCUT2D eigenvalue weighted by molar-refractivity contribution is -0.0937. The van der Waals surface area contributed by atoms with Gasteiger partial charge in [-0.25, -0.2) is 4.79 Å². The first-order valence-corrected chi connectivity index (χ1v) is 6.44. The zero-order valence-corrected chi connectivity index (χ0v) is 11.4. The number of rotatable bonds is 2. The van der Waals surface area contributed by atoms with Crippen LogP contribution in [0, 0.1) is 11.8 Å². The molecule has 5 N–H and O–H groups in total. The molecule has 0 spiro atoms. The third kappa shape index (κ3) is 2.64. The fraction of sp³-hybridized carbons (Fsp3) is 0.538. The summed E-state index contributed by atoms with van der Waals surface area (Å²) in [6.07, 6.45) is -2.32. The van der Waals surface area contributed by atoms with Crippen molar-refractivity contribution < 1.29 is 20.1 Å². The van der Waals surface area contributed by atoms with E-state index in [1.807, 2.05) is 0 Å². The fourth-order valence-electron chi connectivity index (χ4n) is 2.14. The highest BCUT2D eigenvalue weighted by Crippen LogP contribution is 2.36. The van der Waals surface area contributed by atoms with Crippen LogP contribution >= 0.6 is 0 Å². The van der Waals surface area contributed by atoms with Gasteiger partial charge in [0, 0.05) is 12.6 Å². The average molecular weight is 295 g/mol. The van der Waals surface area contributed by atoms with Gasteiger partial charge in [-0.1, -0.05) is 12.8 Å². The number of hydrogen-bond acceptors (Lipinski definition) is 7. The summed E-state index contributed by atoms with van der Waals surface area (Å²) in [5.41, 5.74) is 3.02. The van der Waals surface area contributed by atoms with Gasteiger partial charge in [-0.05, 0) is 6.07 Å². The summed E-state index contributed by atoms with van der Waals surface area (Å²) in [5, 5.41) is 29.7. The van der Waals surface area contributed by atoms with E-state index < -0.39 is 36.3 Å². The van der Waals surface area contributed by atoms with E-state index >= 15 is 0 Å². The first-order chi connectivity index (χ1) is 9.95. The van der Waals surface area contributed by atoms with E-state index in [2.05, 4.69) is 16.8 Å². The summed E-state index contributed by atoms with van der Waals surface area (Å²) in [6, 6.07) is 1.36. The molecule has 0 bridgehead atoms. The van der Waals surface area contributed by atoms with Crippen LogP contribution in [0.3, 0.4) is 0 Å². The molecular weight excluding hydrogens is 278 g/mol. The largest absolute Gasteiger partial charge is 0.392 e. The van der Waals surface area contributed by atoms with Gasteiger partial charge in [0.25, 0.3) is 0 Å². The Morgan fingerprint density at radius 2 is 2.29 bits per heavy atom. The molecule has 21 heavy (non-hydrogen) atoms. The Morgan fingerprint density at radius 3 is 2.86 bits per heavy atom. The van der Waals surface area contributed by atoms with Crippen LogP contribution in [0.1, 0.15) is 19.6 Å². The Kier molecular flexibility index (Phi) is 4.29. The molecule has 1 fully saturated rings. The summed E-state index contributed by atoms with van der Waals surface area (Å²) in [4.78, 5) is 15.3. The van der Waals surface area contributed by atoms with Crippen molar-refractivity contribution >= 4 is 5.82 Å². The molecule has 8 nitrogen and oxygen atoms in total. The van der Waals surface area contributed by atoms with Crippen molar-refractivity contribution in [3.63, 3.8) is 0 Å². The Labute approximate surface area is 120 Å². The molecule has 0 saturated carbocycles. The molecule has 0 radical (unpaired) electrons. The van der Waals surface area contributed by atoms with Gasteiger partial charge in [-0.3, -0.25) is 4.57 Å². The van der Waals surface area contributed by atoms with Crippen molar-refractivity contribution in [2.45, 2.75) is 37.4 Å². The number of aromatic nitrogens is 2. The lowest BCUT2D eigenvalue weighted by Gasteiger charge is -2.23. The van der Waals surface area contributed by atoms with E-state index in [9.17, 15) is 20.1 Å². The highest BCUT2D eigenvalue weighted by Gasteiger charge is 2.54. The lowest BCUT2D eigenvalue weighted by Crippen LogP contribution is -2.45. The second-order valence-corrected chi connectivity index (χ2v) is 4.69. The van der Waals surface area contributed by atoms with Crippen LogP contribution in [0.2, 0.25) is 0 Å². The smallest absolute Gasteiger partial charge is 0.351 e. The van der Waals surface area contributed by atoms with E-state index in [0.29, 0.717) is 6.42 Å². The van der Waals surface area contributed by atoms with E-state index in [-0.39, 0.29) is 5.82 Å². The van der Waals surface area contributed by atoms with Crippen molar-refractivity contribution in [2.24, 2.45) is 0 Å². The number of ether oxygens (including phenoxy) is 1. The van der Waals surface area contributed by atoms with E-state index in [1.54, 1.807) is 6.92 Å². The van der Waals surface area contributed by atoms with Gasteiger partial charge < -0.3 is 25.8 Å². The molecule has 1 saturated heterocycles. The zero-order valence-electron chi connectivity index (χ0n) is 11.4. The molecule has 0 aromatic carbocycles. The molecule has 1 aliphatic heterocycles. The van der Waals surface area contributed by atoms with Crippen molar-refractivity contribution in [2.75, 3.05) is 12.3 Å². The SMILES string of the molecule is CCC#C[C@]1(CO)O[C@@H](n2ccc(N)nc2=O)[C@H](O)[C@@H]1O. The zero-order chi connectivity index (χ0) is 15.6. The number of anilines is 1. The van der Waals surface area contributed by atoms with Gasteiger partial charge in [-0.15, -0.1) is 5.92 Å². The highest BCUT2D eigenvalue weighted by atomic mass is 16.6. The maximum absolute atomic E-state index is 11.8. The van der Waals surface area contributed by atoms with Crippen molar-refractivity contribution in [3.8, 4) is 11.8 Å². The van der Waals surface area contributed by atoms with Crippen LogP contribution in [0.25, 0.3) is 0 Å². The number of aliphatic hydroxyl groups excluding tert-OH is 3. The molecule has 4 atom stereocenters. The maximum Gasteiger partial charge on any atom is 0.351 e. The second kappa shape index (κ2) is 5.83.